The highest BCUT2D eigenvalue weighted by molar-refractivity contribution is 5.49. The van der Waals surface area contributed by atoms with Crippen LogP contribution in [0, 0.1) is 0 Å². The van der Waals surface area contributed by atoms with Crippen molar-refractivity contribution >= 4 is 5.69 Å². The number of hydrogen-bond acceptors (Lipinski definition) is 6. The number of nitrogens with one attached hydrogen (secondary N) is 1. The van der Waals surface area contributed by atoms with Crippen molar-refractivity contribution in [1.82, 2.24) is 10.2 Å². The maximum Gasteiger partial charge on any atom is 0.416 e. The van der Waals surface area contributed by atoms with Crippen molar-refractivity contribution in [3.63, 3.8) is 0 Å². The van der Waals surface area contributed by atoms with E-state index in [0.717, 1.165) is 6.07 Å². The molecule has 0 saturated carbocycles. The number of piperazine rings is 1. The Morgan fingerprint density at radius 2 is 1.86 bits per heavy atom. The lowest BCUT2D eigenvalue weighted by molar-refractivity contribution is -0.137. The lowest BCUT2D eigenvalue weighted by atomic mass is 10.0. The molecule has 0 aromatic heterocycles. The number of ether oxygens (including phenoxy) is 1. The molecule has 29 heavy (non-hydrogen) atoms. The third-order valence-electron chi connectivity index (χ3n) is 5.64. The minimum Gasteiger partial charge on any atom is -0.394 e. The second kappa shape index (κ2) is 9.18. The van der Waals surface area contributed by atoms with Crippen LogP contribution in [0.2, 0.25) is 0 Å². The van der Waals surface area contributed by atoms with Crippen LogP contribution in [0.25, 0.3) is 0 Å². The van der Waals surface area contributed by atoms with Gasteiger partial charge in [-0.1, -0.05) is 19.9 Å². The van der Waals surface area contributed by atoms with Crippen molar-refractivity contribution in [2.45, 2.75) is 50.4 Å². The highest BCUT2D eigenvalue weighted by Gasteiger charge is 2.46. The Morgan fingerprint density at radius 1 is 1.17 bits per heavy atom. The van der Waals surface area contributed by atoms with Crippen molar-refractivity contribution in [2.24, 2.45) is 0 Å². The Balaban J connectivity index is 1.65. The first kappa shape index (κ1) is 22.3. The summed E-state index contributed by atoms with van der Waals surface area (Å²) in [6.45, 7) is 6.66. The standard InChI is InChI=1S/C20H30F3N3O3/c1-13(2)24-11-16-18(19(28)17(12-27)29-16)26-8-6-25(7-9-26)15-5-3-4-14(10-15)20(21,22)23/h3-5,10,13,16-19,24,27-28H,6-9,11-12H2,1-2H3/t16-,17+,18+,19-/m1/s1. The molecule has 2 fully saturated rings. The molecule has 164 valence electrons. The van der Waals surface area contributed by atoms with Gasteiger partial charge >= 0.3 is 6.18 Å². The van der Waals surface area contributed by atoms with Crippen molar-refractivity contribution in [1.29, 1.82) is 0 Å². The highest BCUT2D eigenvalue weighted by Crippen LogP contribution is 2.32. The topological polar surface area (TPSA) is 68.2 Å². The molecule has 0 radical (unpaired) electrons. The number of hydrogen-bond donors (Lipinski definition) is 3. The van der Waals surface area contributed by atoms with E-state index in [9.17, 15) is 23.4 Å². The highest BCUT2D eigenvalue weighted by atomic mass is 19.4. The van der Waals surface area contributed by atoms with E-state index in [-0.39, 0.29) is 24.8 Å². The van der Waals surface area contributed by atoms with E-state index in [1.807, 2.05) is 18.7 Å². The molecule has 3 rings (SSSR count). The predicted octanol–water partition coefficient (Wildman–Crippen LogP) is 1.31. The van der Waals surface area contributed by atoms with Gasteiger partial charge < -0.3 is 25.2 Å². The molecule has 4 atom stereocenters. The summed E-state index contributed by atoms with van der Waals surface area (Å²) < 4.78 is 44.8. The molecule has 6 nitrogen and oxygen atoms in total. The molecule has 1 aromatic rings. The summed E-state index contributed by atoms with van der Waals surface area (Å²) in [6, 6.07) is 5.38. The van der Waals surface area contributed by atoms with Gasteiger partial charge in [-0.15, -0.1) is 0 Å². The van der Waals surface area contributed by atoms with E-state index in [1.165, 1.54) is 12.1 Å². The lowest BCUT2D eigenvalue weighted by Gasteiger charge is -2.41. The van der Waals surface area contributed by atoms with E-state index in [1.54, 1.807) is 6.07 Å². The Bertz CT molecular complexity index is 666. The number of halogens is 3. The second-order valence-electron chi connectivity index (χ2n) is 8.01. The van der Waals surface area contributed by atoms with Gasteiger partial charge in [-0.3, -0.25) is 4.90 Å². The van der Waals surface area contributed by atoms with Crippen LogP contribution < -0.4 is 10.2 Å². The van der Waals surface area contributed by atoms with E-state index >= 15 is 0 Å². The molecular weight excluding hydrogens is 387 g/mol. The van der Waals surface area contributed by atoms with E-state index in [0.29, 0.717) is 38.4 Å². The van der Waals surface area contributed by atoms with Gasteiger partial charge in [0.05, 0.1) is 24.3 Å². The SMILES string of the molecule is CC(C)NC[C@H]1O[C@@H](CO)[C@@H](O)[C@H]1N1CCN(c2cccc(C(F)(F)F)c2)CC1. The Kier molecular flexibility index (Phi) is 7.06. The summed E-state index contributed by atoms with van der Waals surface area (Å²) in [5, 5.41) is 23.5. The molecule has 2 saturated heterocycles. The third-order valence-corrected chi connectivity index (χ3v) is 5.64. The first-order valence-corrected chi connectivity index (χ1v) is 10.0. The van der Waals surface area contributed by atoms with Gasteiger partial charge in [-0.25, -0.2) is 0 Å². The van der Waals surface area contributed by atoms with E-state index < -0.39 is 23.9 Å². The molecule has 1 aromatic carbocycles. The molecular formula is C20H30F3N3O3. The van der Waals surface area contributed by atoms with E-state index in [2.05, 4.69) is 10.2 Å². The van der Waals surface area contributed by atoms with Crippen LogP contribution in [0.5, 0.6) is 0 Å². The zero-order valence-electron chi connectivity index (χ0n) is 16.8. The number of benzene rings is 1. The average molecular weight is 417 g/mol. The van der Waals surface area contributed by atoms with Crippen LogP contribution in [0.1, 0.15) is 19.4 Å². The monoisotopic (exact) mass is 417 g/mol. The third kappa shape index (κ3) is 5.21. The number of anilines is 1. The predicted molar refractivity (Wildman–Crippen MR) is 104 cm³/mol. The molecule has 3 N–H and O–H groups in total. The number of alkyl halides is 3. The van der Waals surface area contributed by atoms with Crippen molar-refractivity contribution in [3.8, 4) is 0 Å². The smallest absolute Gasteiger partial charge is 0.394 e. The fourth-order valence-electron chi connectivity index (χ4n) is 4.11. The molecule has 0 unspecified atom stereocenters. The zero-order chi connectivity index (χ0) is 21.2. The van der Waals surface area contributed by atoms with Gasteiger partial charge in [-0.05, 0) is 18.2 Å². The van der Waals surface area contributed by atoms with Gasteiger partial charge in [0.15, 0.2) is 0 Å². The van der Waals surface area contributed by atoms with Crippen LogP contribution in [0.15, 0.2) is 24.3 Å². The molecule has 9 heteroatoms. The summed E-state index contributed by atoms with van der Waals surface area (Å²) in [6.07, 6.45) is -6.05. The van der Waals surface area contributed by atoms with Crippen molar-refractivity contribution < 1.29 is 28.1 Å². The minimum absolute atomic E-state index is 0.250. The van der Waals surface area contributed by atoms with Crippen molar-refractivity contribution in [2.75, 3.05) is 44.2 Å². The molecule has 2 heterocycles. The van der Waals surface area contributed by atoms with Crippen LogP contribution in [-0.2, 0) is 10.9 Å². The summed E-state index contributed by atoms with van der Waals surface area (Å²) in [7, 11) is 0. The van der Waals surface area contributed by atoms with Gasteiger partial charge in [0.2, 0.25) is 0 Å². The number of nitrogens with zero attached hydrogens (tertiary/aromatic N) is 2. The van der Waals surface area contributed by atoms with Crippen LogP contribution >= 0.6 is 0 Å². The summed E-state index contributed by atoms with van der Waals surface area (Å²) in [4.78, 5) is 4.05. The van der Waals surface area contributed by atoms with Gasteiger partial charge in [0.25, 0.3) is 0 Å². The maximum absolute atomic E-state index is 13.0. The fourth-order valence-corrected chi connectivity index (χ4v) is 4.11. The normalized spacial score (nSPS) is 29.0. The molecule has 2 aliphatic rings. The van der Waals surface area contributed by atoms with Gasteiger partial charge in [-0.2, -0.15) is 13.2 Å². The van der Waals surface area contributed by atoms with Crippen LogP contribution in [0.3, 0.4) is 0 Å². The zero-order valence-corrected chi connectivity index (χ0v) is 16.8. The quantitative estimate of drug-likeness (QED) is 0.649. The molecule has 0 aliphatic carbocycles. The summed E-state index contributed by atoms with van der Waals surface area (Å²) in [5.41, 5.74) is -0.100. The fraction of sp³-hybridized carbons (Fsp3) is 0.700. The molecule has 0 amide bonds. The Morgan fingerprint density at radius 3 is 2.45 bits per heavy atom. The second-order valence-corrected chi connectivity index (χ2v) is 8.01. The maximum atomic E-state index is 13.0. The summed E-state index contributed by atoms with van der Waals surface area (Å²) >= 11 is 0. The van der Waals surface area contributed by atoms with E-state index in [4.69, 9.17) is 4.74 Å². The Labute approximate surface area is 169 Å². The van der Waals surface area contributed by atoms with Gasteiger partial charge in [0.1, 0.15) is 12.2 Å². The van der Waals surface area contributed by atoms with Crippen LogP contribution in [0.4, 0.5) is 18.9 Å². The lowest BCUT2D eigenvalue weighted by Crippen LogP contribution is -2.57. The van der Waals surface area contributed by atoms with Gasteiger partial charge in [0, 0.05) is 44.5 Å². The minimum atomic E-state index is -4.36. The number of rotatable bonds is 6. The molecule has 2 aliphatic heterocycles. The number of aliphatic hydroxyl groups excluding tert-OH is 2. The van der Waals surface area contributed by atoms with Crippen molar-refractivity contribution in [3.05, 3.63) is 29.8 Å². The number of aliphatic hydroxyl groups is 2. The Hall–Kier alpha value is -1.39. The largest absolute Gasteiger partial charge is 0.416 e. The molecule has 0 bridgehead atoms. The molecule has 0 spiro atoms. The average Bonchev–Trinajstić information content (AvgIpc) is 3.01. The first-order chi connectivity index (χ1) is 13.7. The van der Waals surface area contributed by atoms with Crippen LogP contribution in [-0.4, -0.2) is 84.8 Å². The first-order valence-electron chi connectivity index (χ1n) is 10.0. The summed E-state index contributed by atoms with van der Waals surface area (Å²) in [5.74, 6) is 0.